The zero-order valence-electron chi connectivity index (χ0n) is 65.3. The quantitative estimate of drug-likeness (QED) is 0.0269. The number of pyridine rings is 3. The van der Waals surface area contributed by atoms with Gasteiger partial charge >= 0.3 is 29.8 Å². The molecule has 40 heteroatoms. The molecule has 0 spiro atoms. The summed E-state index contributed by atoms with van der Waals surface area (Å²) < 4.78 is 74.6. The highest BCUT2D eigenvalue weighted by Gasteiger charge is 2.30. The molecule has 14 aromatic rings. The van der Waals surface area contributed by atoms with Crippen LogP contribution in [0, 0.1) is 17.5 Å². The smallest absolute Gasteiger partial charge is 0.360 e. The van der Waals surface area contributed by atoms with Crippen molar-refractivity contribution in [1.29, 1.82) is 0 Å². The van der Waals surface area contributed by atoms with E-state index in [4.69, 9.17) is 51.4 Å². The third-order valence-electron chi connectivity index (χ3n) is 19.6. The molecule has 3 saturated carbocycles. The van der Waals surface area contributed by atoms with Crippen LogP contribution >= 0.6 is 11.6 Å². The molecule has 36 nitrogen and oxygen atoms in total. The summed E-state index contributed by atoms with van der Waals surface area (Å²) in [6.07, 6.45) is 28.7. The van der Waals surface area contributed by atoms with Crippen molar-refractivity contribution in [3.05, 3.63) is 248 Å². The number of ether oxygens (including phenoxy) is 4. The van der Waals surface area contributed by atoms with Crippen molar-refractivity contribution < 1.29 is 66.0 Å². The molecule has 0 radical (unpaired) electrons. The third kappa shape index (κ3) is 20.9. The lowest BCUT2D eigenvalue weighted by Gasteiger charge is -2.11. The molecule has 0 atom stereocenters. The minimum absolute atomic E-state index is 0.0438. The van der Waals surface area contributed by atoms with Gasteiger partial charge in [-0.1, -0.05) is 75.8 Å². The Bertz CT molecular complexity index is 6000. The molecular formula is C80H81ClF3N25O11. The molecule has 0 saturated heterocycles. The third-order valence-corrected chi connectivity index (χ3v) is 19.9. The van der Waals surface area contributed by atoms with Crippen molar-refractivity contribution in [2.75, 3.05) is 19.8 Å². The van der Waals surface area contributed by atoms with E-state index in [0.717, 1.165) is 69.5 Å². The number of imidazole rings is 3. The number of halogens is 4. The van der Waals surface area contributed by atoms with Crippen LogP contribution in [0.5, 0.6) is 0 Å². The number of nitrogens with zero attached hydrogens (tertiary/aromatic N) is 23. The van der Waals surface area contributed by atoms with E-state index in [-0.39, 0.29) is 83.8 Å². The van der Waals surface area contributed by atoms with Gasteiger partial charge in [0.15, 0.2) is 28.7 Å². The highest BCUT2D eigenvalue weighted by Crippen LogP contribution is 2.43. The second-order valence-corrected chi connectivity index (χ2v) is 28.8. The number of aromatic nitrogens is 23. The molecule has 3 aromatic carbocycles. The van der Waals surface area contributed by atoms with Gasteiger partial charge in [-0.05, 0) is 180 Å². The van der Waals surface area contributed by atoms with Crippen LogP contribution in [0.1, 0.15) is 195 Å². The summed E-state index contributed by atoms with van der Waals surface area (Å²) in [5.41, 5.74) is 18.5. The predicted molar refractivity (Wildman–Crippen MR) is 419 cm³/mol. The van der Waals surface area contributed by atoms with Crippen LogP contribution in [0.4, 0.5) is 13.2 Å². The molecule has 1 amide bonds. The first-order valence-corrected chi connectivity index (χ1v) is 39.1. The van der Waals surface area contributed by atoms with Gasteiger partial charge in [0.2, 0.25) is 0 Å². The molecule has 11 heterocycles. The number of hydrogen-bond donors (Lipinski definition) is 3. The van der Waals surface area contributed by atoms with Crippen LogP contribution in [0.2, 0.25) is 5.02 Å². The molecule has 3 aliphatic carbocycles. The lowest BCUT2D eigenvalue weighted by Crippen LogP contribution is -2.24. The van der Waals surface area contributed by atoms with Gasteiger partial charge in [-0.15, -0.1) is 25.5 Å². The summed E-state index contributed by atoms with van der Waals surface area (Å²) in [6, 6.07) is 21.2. The van der Waals surface area contributed by atoms with Gasteiger partial charge in [0, 0.05) is 80.7 Å². The van der Waals surface area contributed by atoms with Gasteiger partial charge in [0.1, 0.15) is 42.0 Å². The van der Waals surface area contributed by atoms with Gasteiger partial charge in [0.25, 0.3) is 5.91 Å². The summed E-state index contributed by atoms with van der Waals surface area (Å²) in [7, 11) is 0. The normalized spacial score (nSPS) is 12.9. The molecule has 3 aliphatic rings. The second kappa shape index (κ2) is 38.0. The molecule has 0 unspecified atom stereocenters. The number of fused-ring (bicyclic) bond motifs is 3. The number of aromatic carboxylic acids is 1. The maximum absolute atomic E-state index is 14.8. The number of nitrogens with one attached hydrogen (secondary N) is 1. The Morgan fingerprint density at radius 3 is 1.35 bits per heavy atom. The molecule has 17 rings (SSSR count). The van der Waals surface area contributed by atoms with Crippen LogP contribution < -0.4 is 11.1 Å². The van der Waals surface area contributed by atoms with Gasteiger partial charge < -0.3 is 48.3 Å². The SMILES string of the molecule is CCOC(=O)CCc1cc(C2CC2)cn2cc(Cn3cc(C(=O)NCc4c(-n5cnnn5)ccc(Cl)c4F)nn3)nc12.CCOC(=O)CCc1cc(C2CC2)cn2cc(Cn3cc(C(=O)O)nn3)nc12.CCOC(=O)CCc1cc(C2CC2)cn2cc(Cn3cc(C(=O)OCc4ccccc4)nn3)nc12.NCc1c(-n2cnnn2)ccc(F)c1F. The average molecular weight is 1660 g/mol. The Labute approximate surface area is 685 Å². The van der Waals surface area contributed by atoms with Crippen LogP contribution in [-0.4, -0.2) is 174 Å². The number of carbonyl (C=O) groups excluding carboxylic acids is 5. The fourth-order valence-corrected chi connectivity index (χ4v) is 13.5. The number of aryl methyl sites for hydroxylation is 3. The number of nitrogens with two attached hydrogens (primary N) is 1. The fraction of sp³-hybridized carbons (Fsp3) is 0.338. The van der Waals surface area contributed by atoms with Crippen LogP contribution in [0.3, 0.4) is 0 Å². The highest BCUT2D eigenvalue weighted by atomic mass is 35.5. The summed E-state index contributed by atoms with van der Waals surface area (Å²) in [6.45, 7) is 7.31. The van der Waals surface area contributed by atoms with Crippen molar-refractivity contribution in [2.24, 2.45) is 5.73 Å². The van der Waals surface area contributed by atoms with E-state index in [2.05, 4.69) is 109 Å². The second-order valence-electron chi connectivity index (χ2n) is 28.4. The maximum Gasteiger partial charge on any atom is 0.360 e. The average Bonchev–Trinajstić information content (AvgIpc) is 1.62. The van der Waals surface area contributed by atoms with Crippen molar-refractivity contribution in [3.63, 3.8) is 0 Å². The zero-order valence-corrected chi connectivity index (χ0v) is 66.0. The Balaban J connectivity index is 0.000000137. The summed E-state index contributed by atoms with van der Waals surface area (Å²) in [5, 5.41) is 56.4. The van der Waals surface area contributed by atoms with E-state index in [1.54, 1.807) is 30.8 Å². The number of benzene rings is 3. The molecule has 120 heavy (non-hydrogen) atoms. The summed E-state index contributed by atoms with van der Waals surface area (Å²) >= 11 is 5.97. The standard InChI is InChI=1S/C27H26ClFN10O3.C26H27N5O4.C19H21N5O4.C8H7F2N5/c1-2-42-24(40)8-5-17-9-18(16-3-4-16)11-37-12-19(32-26(17)37)13-38-14-22(33-35-38)27(41)30-10-20-23(39-15-31-34-36-39)7-6-21(28)25(20)29;1-2-34-24(32)11-10-20-12-21(19-8-9-19)13-30-14-22(27-25(20)30)15-31-16-23(28-29-31)26(33)35-17-18-6-4-3-5-7-18;1-2-28-17(25)6-5-13-7-14(12-3-4-12)8-23-9-15(20-18(13)23)10-24-11-16(19(26)27)21-22-24;9-6-1-2-7(5(3-11)8(6)10)15-4-12-13-14-15/h6-7,9,11-12,14-16H,2-5,8,10,13H2,1H3,(H,30,41);3-7,12-14,16,19H,2,8-11,15,17H2,1H3;7-9,11-12H,2-6,10H2,1H3,(H,26,27);1-2,4H,3,11H2. The monoisotopic (exact) mass is 1660 g/mol. The summed E-state index contributed by atoms with van der Waals surface area (Å²) in [5.74, 6) is -3.76. The molecule has 0 bridgehead atoms. The van der Waals surface area contributed by atoms with Crippen molar-refractivity contribution in [2.45, 2.75) is 155 Å². The van der Waals surface area contributed by atoms with Gasteiger partial charge in [-0.3, -0.25) is 19.2 Å². The Hall–Kier alpha value is -13.9. The van der Waals surface area contributed by atoms with Gasteiger partial charge in [0.05, 0.1) is 91.5 Å². The molecule has 11 aromatic heterocycles. The number of esters is 4. The minimum Gasteiger partial charge on any atom is -0.476 e. The Kier molecular flexibility index (Phi) is 26.2. The van der Waals surface area contributed by atoms with E-state index in [0.29, 0.717) is 99.8 Å². The van der Waals surface area contributed by atoms with Crippen LogP contribution in [0.15, 0.2) is 141 Å². The zero-order chi connectivity index (χ0) is 83.9. The molecule has 3 fully saturated rings. The number of carbonyl (C=O) groups is 6. The van der Waals surface area contributed by atoms with Crippen LogP contribution in [-0.2, 0) is 91.9 Å². The topological polar surface area (TPSA) is 429 Å². The van der Waals surface area contributed by atoms with E-state index in [1.165, 1.54) is 98.3 Å². The lowest BCUT2D eigenvalue weighted by molar-refractivity contribution is -0.144. The summed E-state index contributed by atoms with van der Waals surface area (Å²) in [4.78, 5) is 86.1. The first-order valence-electron chi connectivity index (χ1n) is 38.8. The van der Waals surface area contributed by atoms with E-state index in [1.807, 2.05) is 69.0 Å². The van der Waals surface area contributed by atoms with Gasteiger partial charge in [-0.25, -0.2) is 61.1 Å². The van der Waals surface area contributed by atoms with Crippen LogP contribution in [0.25, 0.3) is 28.3 Å². The Morgan fingerprint density at radius 2 is 0.933 bits per heavy atom. The van der Waals surface area contributed by atoms with E-state index < -0.39 is 35.3 Å². The van der Waals surface area contributed by atoms with Crippen molar-refractivity contribution in [3.8, 4) is 11.4 Å². The van der Waals surface area contributed by atoms with Gasteiger partial charge in [-0.2, -0.15) is 0 Å². The molecular weight excluding hydrogens is 1580 g/mol. The number of tetrazole rings is 2. The number of hydrogen-bond acceptors (Lipinski definition) is 26. The Morgan fingerprint density at radius 1 is 0.508 bits per heavy atom. The first-order chi connectivity index (χ1) is 58.2. The largest absolute Gasteiger partial charge is 0.476 e. The molecule has 620 valence electrons. The van der Waals surface area contributed by atoms with E-state index in [9.17, 15) is 41.9 Å². The number of carboxylic acid groups (broad SMARTS) is 1. The predicted octanol–water partition coefficient (Wildman–Crippen LogP) is 9.19. The number of rotatable bonds is 31. The van der Waals surface area contributed by atoms with Crippen molar-refractivity contribution >= 4 is 64.3 Å². The molecule has 0 aliphatic heterocycles. The van der Waals surface area contributed by atoms with E-state index >= 15 is 0 Å². The number of carboxylic acids is 1. The van der Waals surface area contributed by atoms with Crippen molar-refractivity contribution in [1.82, 2.24) is 119 Å². The highest BCUT2D eigenvalue weighted by molar-refractivity contribution is 6.30. The molecule has 4 N–H and O–H groups in total. The lowest BCUT2D eigenvalue weighted by atomic mass is 10.1. The number of amides is 1. The minimum atomic E-state index is -1.11. The first kappa shape index (κ1) is 82.7. The maximum atomic E-state index is 14.8. The fourth-order valence-electron chi connectivity index (χ4n) is 13.3.